The molecule has 0 saturated carbocycles. The smallest absolute Gasteiger partial charge is 0.292 e. The Morgan fingerprint density at radius 1 is 1.50 bits per heavy atom. The van der Waals surface area contributed by atoms with Crippen molar-refractivity contribution in [3.8, 4) is 0 Å². The SMILES string of the molecule is CCC(C)NC(=O)CCNc1ccc([N+](=O)[O-])c(N)c1. The van der Waals surface area contributed by atoms with Crippen LogP contribution < -0.4 is 16.4 Å². The highest BCUT2D eigenvalue weighted by Crippen LogP contribution is 2.24. The van der Waals surface area contributed by atoms with E-state index in [0.717, 1.165) is 6.42 Å². The number of nitrogens with one attached hydrogen (secondary N) is 2. The largest absolute Gasteiger partial charge is 0.393 e. The van der Waals surface area contributed by atoms with Crippen molar-refractivity contribution in [2.24, 2.45) is 0 Å². The monoisotopic (exact) mass is 280 g/mol. The maximum absolute atomic E-state index is 11.5. The second-order valence-corrected chi connectivity index (χ2v) is 4.58. The van der Waals surface area contributed by atoms with Gasteiger partial charge in [-0.15, -0.1) is 0 Å². The zero-order valence-corrected chi connectivity index (χ0v) is 11.7. The van der Waals surface area contributed by atoms with E-state index in [1.165, 1.54) is 12.1 Å². The number of amides is 1. The van der Waals surface area contributed by atoms with Gasteiger partial charge in [-0.2, -0.15) is 0 Å². The molecular weight excluding hydrogens is 260 g/mol. The third-order valence-electron chi connectivity index (χ3n) is 2.93. The van der Waals surface area contributed by atoms with E-state index in [2.05, 4.69) is 10.6 Å². The molecule has 4 N–H and O–H groups in total. The van der Waals surface area contributed by atoms with E-state index in [1.54, 1.807) is 6.07 Å². The first-order valence-electron chi connectivity index (χ1n) is 6.51. The van der Waals surface area contributed by atoms with Crippen molar-refractivity contribution in [2.75, 3.05) is 17.6 Å². The van der Waals surface area contributed by atoms with Gasteiger partial charge in [0.25, 0.3) is 5.69 Å². The summed E-state index contributed by atoms with van der Waals surface area (Å²) in [5, 5.41) is 16.5. The normalized spacial score (nSPS) is 11.7. The molecule has 7 heteroatoms. The van der Waals surface area contributed by atoms with Crippen molar-refractivity contribution in [3.05, 3.63) is 28.3 Å². The molecule has 0 fully saturated rings. The van der Waals surface area contributed by atoms with Crippen LogP contribution in [0.4, 0.5) is 17.1 Å². The average molecular weight is 280 g/mol. The maximum atomic E-state index is 11.5. The Labute approximate surface area is 117 Å². The van der Waals surface area contributed by atoms with Gasteiger partial charge in [0.05, 0.1) is 4.92 Å². The van der Waals surface area contributed by atoms with Gasteiger partial charge >= 0.3 is 0 Å². The van der Waals surface area contributed by atoms with Crippen molar-refractivity contribution < 1.29 is 9.72 Å². The van der Waals surface area contributed by atoms with Crippen LogP contribution in [-0.2, 0) is 4.79 Å². The number of hydrogen-bond acceptors (Lipinski definition) is 5. The molecule has 1 aromatic carbocycles. The molecular formula is C13H20N4O3. The number of nitrogens with two attached hydrogens (primary N) is 1. The number of carbonyl (C=O) groups is 1. The second-order valence-electron chi connectivity index (χ2n) is 4.58. The van der Waals surface area contributed by atoms with Gasteiger partial charge in [-0.3, -0.25) is 14.9 Å². The maximum Gasteiger partial charge on any atom is 0.292 e. The van der Waals surface area contributed by atoms with Crippen LogP contribution >= 0.6 is 0 Å². The van der Waals surface area contributed by atoms with Gasteiger partial charge in [0.2, 0.25) is 5.91 Å². The summed E-state index contributed by atoms with van der Waals surface area (Å²) in [6.07, 6.45) is 1.22. The summed E-state index contributed by atoms with van der Waals surface area (Å²) in [6.45, 7) is 4.39. The fourth-order valence-electron chi connectivity index (χ4n) is 1.60. The third kappa shape index (κ3) is 4.75. The first-order valence-corrected chi connectivity index (χ1v) is 6.51. The number of hydrogen-bond donors (Lipinski definition) is 3. The molecule has 1 aromatic rings. The summed E-state index contributed by atoms with van der Waals surface area (Å²) in [5.41, 5.74) is 6.21. The Kier molecular flexibility index (Phi) is 5.76. The Balaban J connectivity index is 2.45. The van der Waals surface area contributed by atoms with Crippen LogP contribution in [0, 0.1) is 10.1 Å². The highest BCUT2D eigenvalue weighted by molar-refractivity contribution is 5.76. The van der Waals surface area contributed by atoms with E-state index in [0.29, 0.717) is 18.7 Å². The molecule has 1 unspecified atom stereocenters. The minimum Gasteiger partial charge on any atom is -0.393 e. The van der Waals surface area contributed by atoms with Crippen LogP contribution in [0.3, 0.4) is 0 Å². The summed E-state index contributed by atoms with van der Waals surface area (Å²) in [6, 6.07) is 4.57. The minimum atomic E-state index is -0.529. The predicted octanol–water partition coefficient (Wildman–Crippen LogP) is 1.89. The van der Waals surface area contributed by atoms with Gasteiger partial charge in [-0.25, -0.2) is 0 Å². The molecule has 1 amide bonds. The molecule has 7 nitrogen and oxygen atoms in total. The lowest BCUT2D eigenvalue weighted by molar-refractivity contribution is -0.383. The Bertz CT molecular complexity index is 491. The van der Waals surface area contributed by atoms with Gasteiger partial charge in [0.1, 0.15) is 5.69 Å². The lowest BCUT2D eigenvalue weighted by atomic mass is 10.2. The van der Waals surface area contributed by atoms with Gasteiger partial charge in [0.15, 0.2) is 0 Å². The number of carbonyl (C=O) groups excluding carboxylic acids is 1. The van der Waals surface area contributed by atoms with E-state index in [-0.39, 0.29) is 23.3 Å². The number of rotatable bonds is 7. The molecule has 0 aliphatic heterocycles. The number of benzene rings is 1. The van der Waals surface area contributed by atoms with Gasteiger partial charge in [0, 0.05) is 30.8 Å². The Hall–Kier alpha value is -2.31. The Morgan fingerprint density at radius 2 is 2.20 bits per heavy atom. The summed E-state index contributed by atoms with van der Waals surface area (Å²) >= 11 is 0. The quantitative estimate of drug-likeness (QED) is 0.401. The first kappa shape index (κ1) is 15.7. The van der Waals surface area contributed by atoms with Gasteiger partial charge in [-0.1, -0.05) is 6.92 Å². The summed E-state index contributed by atoms with van der Waals surface area (Å²) in [5.74, 6) is -0.0262. The summed E-state index contributed by atoms with van der Waals surface area (Å²) < 4.78 is 0. The number of nitrogens with zero attached hydrogens (tertiary/aromatic N) is 1. The predicted molar refractivity (Wildman–Crippen MR) is 78.5 cm³/mol. The fourth-order valence-corrected chi connectivity index (χ4v) is 1.60. The number of anilines is 2. The zero-order valence-electron chi connectivity index (χ0n) is 11.7. The van der Waals surface area contributed by atoms with Crippen molar-refractivity contribution in [3.63, 3.8) is 0 Å². The number of nitro groups is 1. The van der Waals surface area contributed by atoms with Crippen LogP contribution in [0.15, 0.2) is 18.2 Å². The molecule has 1 atom stereocenters. The molecule has 0 spiro atoms. The van der Waals surface area contributed by atoms with Crippen LogP contribution in [-0.4, -0.2) is 23.4 Å². The minimum absolute atomic E-state index is 0.0262. The van der Waals surface area contributed by atoms with Crippen molar-refractivity contribution in [1.82, 2.24) is 5.32 Å². The topological polar surface area (TPSA) is 110 Å². The van der Waals surface area contributed by atoms with E-state index < -0.39 is 4.92 Å². The highest BCUT2D eigenvalue weighted by atomic mass is 16.6. The summed E-state index contributed by atoms with van der Waals surface area (Å²) in [4.78, 5) is 21.6. The highest BCUT2D eigenvalue weighted by Gasteiger charge is 2.11. The van der Waals surface area contributed by atoms with Crippen LogP contribution in [0.1, 0.15) is 26.7 Å². The molecule has 0 aliphatic rings. The molecule has 0 bridgehead atoms. The van der Waals surface area contributed by atoms with Crippen molar-refractivity contribution >= 4 is 23.0 Å². The van der Waals surface area contributed by atoms with Gasteiger partial charge in [-0.05, 0) is 25.5 Å². The Morgan fingerprint density at radius 3 is 2.75 bits per heavy atom. The van der Waals surface area contributed by atoms with Crippen LogP contribution in [0.2, 0.25) is 0 Å². The fraction of sp³-hybridized carbons (Fsp3) is 0.462. The lowest BCUT2D eigenvalue weighted by Gasteiger charge is -2.12. The number of nitro benzene ring substituents is 1. The molecule has 1 rings (SSSR count). The van der Waals surface area contributed by atoms with E-state index >= 15 is 0 Å². The third-order valence-corrected chi connectivity index (χ3v) is 2.93. The zero-order chi connectivity index (χ0) is 15.1. The number of nitrogen functional groups attached to an aromatic ring is 1. The second kappa shape index (κ2) is 7.32. The lowest BCUT2D eigenvalue weighted by Crippen LogP contribution is -2.32. The summed E-state index contributed by atoms with van der Waals surface area (Å²) in [7, 11) is 0. The van der Waals surface area contributed by atoms with E-state index in [9.17, 15) is 14.9 Å². The first-order chi connectivity index (χ1) is 9.43. The van der Waals surface area contributed by atoms with E-state index in [1.807, 2.05) is 13.8 Å². The molecule has 0 heterocycles. The van der Waals surface area contributed by atoms with E-state index in [4.69, 9.17) is 5.73 Å². The molecule has 0 radical (unpaired) electrons. The molecule has 0 saturated heterocycles. The molecule has 0 aromatic heterocycles. The van der Waals surface area contributed by atoms with Crippen LogP contribution in [0.25, 0.3) is 0 Å². The molecule has 20 heavy (non-hydrogen) atoms. The van der Waals surface area contributed by atoms with Crippen LogP contribution in [0.5, 0.6) is 0 Å². The van der Waals surface area contributed by atoms with Crippen molar-refractivity contribution in [1.29, 1.82) is 0 Å². The molecule has 110 valence electrons. The van der Waals surface area contributed by atoms with Gasteiger partial charge < -0.3 is 16.4 Å². The average Bonchev–Trinajstić information content (AvgIpc) is 2.38. The van der Waals surface area contributed by atoms with Crippen molar-refractivity contribution in [2.45, 2.75) is 32.7 Å². The standard InChI is InChI=1S/C13H20N4O3/c1-3-9(2)16-13(18)6-7-15-10-4-5-12(17(19)20)11(14)8-10/h4-5,8-9,15H,3,6-7,14H2,1-2H3,(H,16,18). The molecule has 0 aliphatic carbocycles.